The van der Waals surface area contributed by atoms with Crippen molar-refractivity contribution in [2.24, 2.45) is 5.41 Å². The molecule has 152 valence electrons. The number of Topliss-reactive ketones (excluding diaryl/α,β-unsaturated/α-hetero) is 1. The molecule has 1 N–H and O–H groups in total. The maximum atomic E-state index is 13.5. The molecule has 2 unspecified atom stereocenters. The van der Waals surface area contributed by atoms with Crippen LogP contribution >= 0.6 is 0 Å². The summed E-state index contributed by atoms with van der Waals surface area (Å²) < 4.78 is 27.0. The number of carbonyl (C=O) groups is 2. The average molecular weight is 399 g/mol. The Morgan fingerprint density at radius 1 is 1.07 bits per heavy atom. The molecule has 7 heteroatoms. The molecule has 4 rings (SSSR count). The van der Waals surface area contributed by atoms with Gasteiger partial charge in [0.05, 0.1) is 11.9 Å². The van der Waals surface area contributed by atoms with Gasteiger partial charge in [-0.25, -0.2) is 13.8 Å². The normalized spacial score (nSPS) is 25.6. The van der Waals surface area contributed by atoms with Crippen LogP contribution in [-0.4, -0.2) is 27.2 Å². The van der Waals surface area contributed by atoms with E-state index in [4.69, 9.17) is 0 Å². The van der Waals surface area contributed by atoms with Crippen molar-refractivity contribution < 1.29 is 18.4 Å². The highest BCUT2D eigenvalue weighted by atomic mass is 19.1. The number of rotatable bonds is 5. The molecular weight excluding hydrogens is 376 g/mol. The number of ketones is 1. The van der Waals surface area contributed by atoms with E-state index < -0.39 is 11.6 Å². The molecule has 2 atom stereocenters. The summed E-state index contributed by atoms with van der Waals surface area (Å²) in [4.78, 5) is 33.7. The van der Waals surface area contributed by atoms with Gasteiger partial charge in [-0.2, -0.15) is 0 Å². The summed E-state index contributed by atoms with van der Waals surface area (Å²) in [5.41, 5.74) is 0.415. The van der Waals surface area contributed by atoms with Gasteiger partial charge >= 0.3 is 0 Å². The van der Waals surface area contributed by atoms with E-state index in [1.54, 1.807) is 13.1 Å². The average Bonchev–Trinajstić information content (AvgIpc) is 2.90. The number of hydrogen-bond donors (Lipinski definition) is 1. The van der Waals surface area contributed by atoms with E-state index in [0.717, 1.165) is 50.3 Å². The molecule has 2 saturated carbocycles. The highest BCUT2D eigenvalue weighted by Crippen LogP contribution is 2.55. The number of aryl methyl sites for hydroxylation is 1. The van der Waals surface area contributed by atoms with E-state index in [1.165, 1.54) is 6.20 Å². The van der Waals surface area contributed by atoms with Crippen LogP contribution in [0.25, 0.3) is 0 Å². The van der Waals surface area contributed by atoms with Gasteiger partial charge in [0, 0.05) is 29.8 Å². The van der Waals surface area contributed by atoms with Crippen molar-refractivity contribution in [2.45, 2.75) is 57.4 Å². The van der Waals surface area contributed by atoms with Crippen LogP contribution in [0.1, 0.15) is 71.5 Å². The number of aromatic nitrogens is 2. The number of nitrogens with zero attached hydrogens (tertiary/aromatic N) is 2. The van der Waals surface area contributed by atoms with E-state index in [2.05, 4.69) is 15.3 Å². The molecule has 2 fully saturated rings. The van der Waals surface area contributed by atoms with Crippen molar-refractivity contribution in [1.29, 1.82) is 0 Å². The SMILES string of the molecule is Cc1cncc(C(=O)NC23CCCC(CC(=O)c4cc(F)cc(F)c4)(CC2)C3)n1. The number of halogens is 2. The number of nitrogens with one attached hydrogen (secondary N) is 1. The molecular formula is C22H23F2N3O2. The fraction of sp³-hybridized carbons (Fsp3) is 0.455. The lowest BCUT2D eigenvalue weighted by molar-refractivity contribution is 0.0800. The lowest BCUT2D eigenvalue weighted by Gasteiger charge is -2.39. The van der Waals surface area contributed by atoms with Gasteiger partial charge in [-0.1, -0.05) is 6.42 Å². The molecule has 0 spiro atoms. The molecule has 1 heterocycles. The summed E-state index contributed by atoms with van der Waals surface area (Å²) >= 11 is 0. The number of amides is 1. The van der Waals surface area contributed by atoms with Gasteiger partial charge in [0.15, 0.2) is 5.78 Å². The van der Waals surface area contributed by atoms with E-state index in [1.807, 2.05) is 0 Å². The minimum atomic E-state index is -0.748. The third-order valence-electron chi connectivity index (χ3n) is 6.30. The summed E-state index contributed by atoms with van der Waals surface area (Å²) in [5, 5.41) is 3.15. The van der Waals surface area contributed by atoms with Gasteiger partial charge < -0.3 is 5.32 Å². The molecule has 1 aromatic carbocycles. The summed E-state index contributed by atoms with van der Waals surface area (Å²) in [7, 11) is 0. The molecule has 2 bridgehead atoms. The van der Waals surface area contributed by atoms with Crippen LogP contribution in [0.2, 0.25) is 0 Å². The molecule has 29 heavy (non-hydrogen) atoms. The topological polar surface area (TPSA) is 72.0 Å². The van der Waals surface area contributed by atoms with Gasteiger partial charge in [-0.05, 0) is 56.6 Å². The Morgan fingerprint density at radius 3 is 2.55 bits per heavy atom. The van der Waals surface area contributed by atoms with Gasteiger partial charge in [0.2, 0.25) is 0 Å². The van der Waals surface area contributed by atoms with Crippen LogP contribution in [-0.2, 0) is 0 Å². The standard InChI is InChI=1S/C22H23F2N3O2/c1-14-11-25-12-18(26-14)20(29)27-22-4-2-3-21(13-22,5-6-22)10-19(28)15-7-16(23)9-17(24)8-15/h7-9,11-12H,2-6,10,13H2,1H3,(H,27,29). The second-order valence-corrected chi connectivity index (χ2v) is 8.57. The molecule has 2 aliphatic carbocycles. The lowest BCUT2D eigenvalue weighted by atomic mass is 9.70. The Hall–Kier alpha value is -2.70. The Labute approximate surface area is 167 Å². The predicted octanol–water partition coefficient (Wildman–Crippen LogP) is 4.16. The van der Waals surface area contributed by atoms with Crippen LogP contribution in [0.15, 0.2) is 30.6 Å². The second kappa shape index (κ2) is 7.28. The largest absolute Gasteiger partial charge is 0.345 e. The molecule has 2 aliphatic rings. The number of benzene rings is 1. The lowest BCUT2D eigenvalue weighted by Crippen LogP contribution is -2.49. The van der Waals surface area contributed by atoms with Gasteiger partial charge in [-0.3, -0.25) is 14.6 Å². The molecule has 0 saturated heterocycles. The molecule has 0 radical (unpaired) electrons. The molecule has 1 aromatic heterocycles. The zero-order valence-corrected chi connectivity index (χ0v) is 16.3. The molecule has 2 aromatic rings. The van der Waals surface area contributed by atoms with Crippen LogP contribution in [0.5, 0.6) is 0 Å². The van der Waals surface area contributed by atoms with E-state index in [-0.39, 0.29) is 40.3 Å². The maximum Gasteiger partial charge on any atom is 0.271 e. The Balaban J connectivity index is 1.49. The first-order chi connectivity index (χ1) is 13.8. The highest BCUT2D eigenvalue weighted by molar-refractivity contribution is 5.96. The van der Waals surface area contributed by atoms with Gasteiger partial charge in [-0.15, -0.1) is 0 Å². The van der Waals surface area contributed by atoms with Crippen molar-refractivity contribution in [3.63, 3.8) is 0 Å². The third-order valence-corrected chi connectivity index (χ3v) is 6.30. The Bertz CT molecular complexity index is 960. The smallest absolute Gasteiger partial charge is 0.271 e. The van der Waals surface area contributed by atoms with Crippen molar-refractivity contribution >= 4 is 11.7 Å². The fourth-order valence-electron chi connectivity index (χ4n) is 5.07. The first-order valence-corrected chi connectivity index (χ1v) is 9.89. The van der Waals surface area contributed by atoms with E-state index in [9.17, 15) is 18.4 Å². The van der Waals surface area contributed by atoms with Crippen molar-refractivity contribution in [3.05, 3.63) is 59.2 Å². The number of carbonyl (C=O) groups excluding carboxylic acids is 2. The quantitative estimate of drug-likeness (QED) is 0.767. The second-order valence-electron chi connectivity index (χ2n) is 8.57. The van der Waals surface area contributed by atoms with E-state index in [0.29, 0.717) is 12.1 Å². The predicted molar refractivity (Wildman–Crippen MR) is 102 cm³/mol. The van der Waals surface area contributed by atoms with Gasteiger partial charge in [0.25, 0.3) is 5.91 Å². The third kappa shape index (κ3) is 4.04. The zero-order chi connectivity index (χ0) is 20.6. The molecule has 5 nitrogen and oxygen atoms in total. The fourth-order valence-corrected chi connectivity index (χ4v) is 5.07. The highest BCUT2D eigenvalue weighted by Gasteiger charge is 2.52. The zero-order valence-electron chi connectivity index (χ0n) is 16.3. The van der Waals surface area contributed by atoms with Gasteiger partial charge in [0.1, 0.15) is 17.3 Å². The summed E-state index contributed by atoms with van der Waals surface area (Å²) in [6.07, 6.45) is 8.17. The summed E-state index contributed by atoms with van der Waals surface area (Å²) in [6.45, 7) is 1.78. The summed E-state index contributed by atoms with van der Waals surface area (Å²) in [5.74, 6) is -2.00. The Kier molecular flexibility index (Phi) is 4.92. The summed E-state index contributed by atoms with van der Waals surface area (Å²) in [6, 6.07) is 2.94. The van der Waals surface area contributed by atoms with Crippen LogP contribution < -0.4 is 5.32 Å². The minimum Gasteiger partial charge on any atom is -0.345 e. The maximum absolute atomic E-state index is 13.5. The van der Waals surface area contributed by atoms with Crippen LogP contribution in [0, 0.1) is 24.0 Å². The monoisotopic (exact) mass is 399 g/mol. The number of fused-ring (bicyclic) bond motifs is 2. The van der Waals surface area contributed by atoms with Crippen molar-refractivity contribution in [3.8, 4) is 0 Å². The van der Waals surface area contributed by atoms with Crippen LogP contribution in [0.3, 0.4) is 0 Å². The molecule has 1 amide bonds. The first kappa shape index (κ1) is 19.6. The van der Waals surface area contributed by atoms with E-state index >= 15 is 0 Å². The van der Waals surface area contributed by atoms with Crippen LogP contribution in [0.4, 0.5) is 8.78 Å². The van der Waals surface area contributed by atoms with Crippen molar-refractivity contribution in [1.82, 2.24) is 15.3 Å². The molecule has 0 aliphatic heterocycles. The number of hydrogen-bond acceptors (Lipinski definition) is 4. The van der Waals surface area contributed by atoms with Crippen molar-refractivity contribution in [2.75, 3.05) is 0 Å². The Morgan fingerprint density at radius 2 is 1.83 bits per heavy atom. The minimum absolute atomic E-state index is 0.0685. The first-order valence-electron chi connectivity index (χ1n) is 9.89.